The van der Waals surface area contributed by atoms with Crippen molar-refractivity contribution in [1.29, 1.82) is 0 Å². The van der Waals surface area contributed by atoms with Crippen molar-refractivity contribution in [3.05, 3.63) is 58.6 Å². The lowest BCUT2D eigenvalue weighted by Crippen LogP contribution is -2.17. The number of hydrogen-bond donors (Lipinski definition) is 2. The summed E-state index contributed by atoms with van der Waals surface area (Å²) in [6.07, 6.45) is -4.74. The Morgan fingerprint density at radius 3 is 2.29 bits per heavy atom. The maximum absolute atomic E-state index is 12.1. The Bertz CT molecular complexity index is 629. The fourth-order valence-corrected chi connectivity index (χ4v) is 2.01. The maximum Gasteiger partial charge on any atom is 0.573 e. The molecule has 0 heterocycles. The van der Waals surface area contributed by atoms with Crippen LogP contribution in [0, 0.1) is 0 Å². The van der Waals surface area contributed by atoms with Gasteiger partial charge in [-0.05, 0) is 35.9 Å². The first-order valence-corrected chi connectivity index (χ1v) is 6.24. The highest BCUT2D eigenvalue weighted by atomic mass is 35.5. The molecule has 0 aliphatic rings. The average Bonchev–Trinajstić information content (AvgIpc) is 2.40. The van der Waals surface area contributed by atoms with Gasteiger partial charge < -0.3 is 15.6 Å². The van der Waals surface area contributed by atoms with E-state index < -0.39 is 12.4 Å². The molecule has 0 radical (unpaired) electrons. The quantitative estimate of drug-likeness (QED) is 0.900. The van der Waals surface area contributed by atoms with Crippen molar-refractivity contribution >= 4 is 11.6 Å². The number of hydrogen-bond acceptors (Lipinski definition) is 3. The van der Waals surface area contributed by atoms with Gasteiger partial charge in [0.1, 0.15) is 11.5 Å². The van der Waals surface area contributed by atoms with Gasteiger partial charge in [-0.15, -0.1) is 13.2 Å². The Hall–Kier alpha value is -1.92. The van der Waals surface area contributed by atoms with E-state index in [2.05, 4.69) is 4.74 Å². The molecule has 0 aliphatic heterocycles. The highest BCUT2D eigenvalue weighted by Crippen LogP contribution is 2.31. The summed E-state index contributed by atoms with van der Waals surface area (Å²) < 4.78 is 40.0. The molecule has 0 aromatic heterocycles. The maximum atomic E-state index is 12.1. The fourth-order valence-electron chi connectivity index (χ4n) is 1.83. The molecule has 0 amide bonds. The van der Waals surface area contributed by atoms with Crippen LogP contribution >= 0.6 is 11.6 Å². The Morgan fingerprint density at radius 1 is 1.10 bits per heavy atom. The predicted octanol–water partition coefficient (Wildman–Crippen LogP) is 3.99. The van der Waals surface area contributed by atoms with E-state index in [1.807, 2.05) is 0 Å². The molecular weight excluding hydrogens is 307 g/mol. The molecule has 2 rings (SSSR count). The number of aromatic hydroxyl groups is 1. The third-order valence-corrected chi connectivity index (χ3v) is 3.03. The van der Waals surface area contributed by atoms with Crippen molar-refractivity contribution in [3.8, 4) is 11.5 Å². The van der Waals surface area contributed by atoms with E-state index in [0.29, 0.717) is 16.1 Å². The van der Waals surface area contributed by atoms with E-state index in [4.69, 9.17) is 17.3 Å². The van der Waals surface area contributed by atoms with Crippen molar-refractivity contribution < 1.29 is 23.0 Å². The second-order valence-electron chi connectivity index (χ2n) is 4.30. The lowest BCUT2D eigenvalue weighted by atomic mass is 9.99. The smallest absolute Gasteiger partial charge is 0.508 e. The van der Waals surface area contributed by atoms with Crippen molar-refractivity contribution in [2.75, 3.05) is 0 Å². The SMILES string of the molecule is N[C@H](c1ccc(OC(F)(F)F)cc1)c1cc(Cl)ccc1O. The minimum absolute atomic E-state index is 0.0393. The van der Waals surface area contributed by atoms with Crippen LogP contribution in [0.5, 0.6) is 11.5 Å². The molecule has 112 valence electrons. The van der Waals surface area contributed by atoms with Gasteiger partial charge in [0.25, 0.3) is 0 Å². The van der Waals surface area contributed by atoms with Crippen LogP contribution in [0.3, 0.4) is 0 Å². The Labute approximate surface area is 123 Å². The number of nitrogens with two attached hydrogens (primary N) is 1. The predicted molar refractivity (Wildman–Crippen MR) is 72.3 cm³/mol. The van der Waals surface area contributed by atoms with Crippen LogP contribution in [-0.2, 0) is 0 Å². The van der Waals surface area contributed by atoms with Gasteiger partial charge in [0.2, 0.25) is 0 Å². The molecule has 2 aromatic rings. The van der Waals surface area contributed by atoms with Gasteiger partial charge >= 0.3 is 6.36 Å². The molecule has 0 aliphatic carbocycles. The van der Waals surface area contributed by atoms with Crippen LogP contribution in [0.15, 0.2) is 42.5 Å². The molecule has 1 atom stereocenters. The van der Waals surface area contributed by atoms with Crippen molar-refractivity contribution in [2.45, 2.75) is 12.4 Å². The molecule has 0 unspecified atom stereocenters. The first kappa shape index (κ1) is 15.5. The average molecular weight is 318 g/mol. The molecular formula is C14H11ClF3NO2. The van der Waals surface area contributed by atoms with Crippen molar-refractivity contribution in [2.24, 2.45) is 5.73 Å². The van der Waals surface area contributed by atoms with Crippen LogP contribution in [0.25, 0.3) is 0 Å². The third-order valence-electron chi connectivity index (χ3n) is 2.80. The zero-order valence-electron chi connectivity index (χ0n) is 10.6. The number of halogens is 4. The van der Waals surface area contributed by atoms with Crippen LogP contribution in [-0.4, -0.2) is 11.5 Å². The van der Waals surface area contributed by atoms with Gasteiger partial charge in [0.15, 0.2) is 0 Å². The Morgan fingerprint density at radius 2 is 1.71 bits per heavy atom. The zero-order chi connectivity index (χ0) is 15.6. The van der Waals surface area contributed by atoms with Crippen molar-refractivity contribution in [3.63, 3.8) is 0 Å². The largest absolute Gasteiger partial charge is 0.573 e. The number of phenolic OH excluding ortho intramolecular Hbond substituents is 1. The topological polar surface area (TPSA) is 55.5 Å². The lowest BCUT2D eigenvalue weighted by Gasteiger charge is -2.15. The van der Waals surface area contributed by atoms with E-state index in [1.165, 1.54) is 30.3 Å². The summed E-state index contributed by atoms with van der Waals surface area (Å²) in [5, 5.41) is 10.2. The first-order chi connectivity index (χ1) is 9.76. The Balaban J connectivity index is 2.24. The third kappa shape index (κ3) is 4.03. The molecule has 3 nitrogen and oxygen atoms in total. The first-order valence-electron chi connectivity index (χ1n) is 5.86. The summed E-state index contributed by atoms with van der Waals surface area (Å²) in [5.41, 5.74) is 6.88. The van der Waals surface area contributed by atoms with E-state index in [-0.39, 0.29) is 11.5 Å². The normalized spacial score (nSPS) is 13.0. The summed E-state index contributed by atoms with van der Waals surface area (Å²) in [6, 6.07) is 8.80. The van der Waals surface area contributed by atoms with Crippen LogP contribution in [0.4, 0.5) is 13.2 Å². The highest BCUT2D eigenvalue weighted by molar-refractivity contribution is 6.30. The number of rotatable bonds is 3. The molecule has 0 bridgehead atoms. The van der Waals surface area contributed by atoms with E-state index >= 15 is 0 Å². The standard InChI is InChI=1S/C14H11ClF3NO2/c15-9-3-6-12(20)11(7-9)13(19)8-1-4-10(5-2-8)21-14(16,17)18/h1-7,13,20H,19H2/t13-/m1/s1. The van der Waals surface area contributed by atoms with Crippen molar-refractivity contribution in [1.82, 2.24) is 0 Å². The summed E-state index contributed by atoms with van der Waals surface area (Å²) in [7, 11) is 0. The number of alkyl halides is 3. The van der Waals surface area contributed by atoms with Gasteiger partial charge in [0, 0.05) is 10.6 Å². The summed E-state index contributed by atoms with van der Waals surface area (Å²) in [5.74, 6) is -0.378. The van der Waals surface area contributed by atoms with Gasteiger partial charge in [0.05, 0.1) is 6.04 Å². The summed E-state index contributed by atoms with van der Waals surface area (Å²) >= 11 is 5.83. The second kappa shape index (κ2) is 5.83. The monoisotopic (exact) mass is 317 g/mol. The van der Waals surface area contributed by atoms with Gasteiger partial charge in [-0.1, -0.05) is 23.7 Å². The second-order valence-corrected chi connectivity index (χ2v) is 4.73. The van der Waals surface area contributed by atoms with Crippen LogP contribution in [0.2, 0.25) is 5.02 Å². The van der Waals surface area contributed by atoms with E-state index in [1.54, 1.807) is 0 Å². The number of benzene rings is 2. The van der Waals surface area contributed by atoms with Gasteiger partial charge in [-0.3, -0.25) is 0 Å². The molecule has 0 spiro atoms. The molecule has 0 saturated carbocycles. The van der Waals surface area contributed by atoms with Crippen LogP contribution < -0.4 is 10.5 Å². The van der Waals surface area contributed by atoms with E-state index in [9.17, 15) is 18.3 Å². The highest BCUT2D eigenvalue weighted by Gasteiger charge is 2.31. The number of ether oxygens (including phenoxy) is 1. The summed E-state index contributed by atoms with van der Waals surface area (Å²) in [4.78, 5) is 0. The lowest BCUT2D eigenvalue weighted by molar-refractivity contribution is -0.274. The van der Waals surface area contributed by atoms with Gasteiger partial charge in [-0.2, -0.15) is 0 Å². The zero-order valence-corrected chi connectivity index (χ0v) is 11.3. The molecule has 2 aromatic carbocycles. The Kier molecular flexibility index (Phi) is 4.29. The van der Waals surface area contributed by atoms with Crippen LogP contribution in [0.1, 0.15) is 17.2 Å². The molecule has 0 fully saturated rings. The van der Waals surface area contributed by atoms with Gasteiger partial charge in [-0.25, -0.2) is 0 Å². The molecule has 7 heteroatoms. The molecule has 3 N–H and O–H groups in total. The number of phenols is 1. The summed E-state index contributed by atoms with van der Waals surface area (Å²) in [6.45, 7) is 0. The molecule has 21 heavy (non-hydrogen) atoms. The fraction of sp³-hybridized carbons (Fsp3) is 0.143. The van der Waals surface area contributed by atoms with E-state index in [0.717, 1.165) is 12.1 Å². The minimum Gasteiger partial charge on any atom is -0.508 e. The minimum atomic E-state index is -4.74. The molecule has 0 saturated heterocycles.